The van der Waals surface area contributed by atoms with Gasteiger partial charge in [0, 0.05) is 48.2 Å². The van der Waals surface area contributed by atoms with E-state index in [1.165, 1.54) is 0 Å². The molecule has 0 spiro atoms. The summed E-state index contributed by atoms with van der Waals surface area (Å²) in [6.45, 7) is 3.26. The normalized spacial score (nSPS) is 15.1. The van der Waals surface area contributed by atoms with Crippen molar-refractivity contribution in [2.75, 3.05) is 19.7 Å². The fourth-order valence-corrected chi connectivity index (χ4v) is 3.95. The molecule has 1 amide bonds. The van der Waals surface area contributed by atoms with E-state index >= 15 is 0 Å². The lowest BCUT2D eigenvalue weighted by atomic mass is 9.97. The van der Waals surface area contributed by atoms with Crippen LogP contribution in [0.3, 0.4) is 0 Å². The first-order valence-electron chi connectivity index (χ1n) is 9.34. The van der Waals surface area contributed by atoms with Gasteiger partial charge in [0.15, 0.2) is 0 Å². The summed E-state index contributed by atoms with van der Waals surface area (Å²) in [5, 5.41) is 1.43. The molecule has 28 heavy (non-hydrogen) atoms. The number of aromatic amines is 2. The van der Waals surface area contributed by atoms with Crippen LogP contribution in [0, 0.1) is 5.92 Å². The number of ether oxygens (including phenoxy) is 1. The van der Waals surface area contributed by atoms with Crippen LogP contribution in [-0.2, 0) is 9.53 Å². The smallest absolute Gasteiger partial charge is 0.309 e. The molecule has 0 bridgehead atoms. The van der Waals surface area contributed by atoms with Gasteiger partial charge in [0.25, 0.3) is 5.91 Å². The standard InChI is InChI=1S/C20H21ClN4O3/c1-2-28-20(27)12-4-7-25(8-5-12)19(26)16-9-13(10-23-16)17-14-3-6-22-18(14)24-11-15(17)21/h3,6,9-12,23H,2,4-5,7-8H2,1H3,(H,22,24). The van der Waals surface area contributed by atoms with E-state index < -0.39 is 0 Å². The molecule has 0 radical (unpaired) electrons. The predicted octanol–water partition coefficient (Wildman–Crippen LogP) is 3.63. The first kappa shape index (κ1) is 18.6. The molecule has 0 saturated carbocycles. The largest absolute Gasteiger partial charge is 0.466 e. The van der Waals surface area contributed by atoms with Crippen molar-refractivity contribution in [2.45, 2.75) is 19.8 Å². The Morgan fingerprint density at radius 1 is 1.32 bits per heavy atom. The average Bonchev–Trinajstić information content (AvgIpc) is 3.37. The number of nitrogens with one attached hydrogen (secondary N) is 2. The maximum absolute atomic E-state index is 12.9. The molecule has 146 valence electrons. The second kappa shape index (κ2) is 7.67. The third-order valence-corrected chi connectivity index (χ3v) is 5.43. The van der Waals surface area contributed by atoms with Crippen LogP contribution in [0.15, 0.2) is 30.7 Å². The number of likely N-dealkylation sites (tertiary alicyclic amines) is 1. The van der Waals surface area contributed by atoms with Crippen molar-refractivity contribution in [2.24, 2.45) is 5.92 Å². The molecular weight excluding hydrogens is 380 g/mol. The summed E-state index contributed by atoms with van der Waals surface area (Å²) in [4.78, 5) is 36.9. The van der Waals surface area contributed by atoms with Crippen LogP contribution < -0.4 is 0 Å². The zero-order valence-electron chi connectivity index (χ0n) is 15.5. The summed E-state index contributed by atoms with van der Waals surface area (Å²) in [6, 6.07) is 3.73. The predicted molar refractivity (Wildman–Crippen MR) is 106 cm³/mol. The van der Waals surface area contributed by atoms with Crippen LogP contribution in [0.5, 0.6) is 0 Å². The van der Waals surface area contributed by atoms with Crippen molar-refractivity contribution in [1.29, 1.82) is 0 Å². The van der Waals surface area contributed by atoms with E-state index in [-0.39, 0.29) is 17.8 Å². The van der Waals surface area contributed by atoms with E-state index in [9.17, 15) is 9.59 Å². The topological polar surface area (TPSA) is 91.1 Å². The fourth-order valence-electron chi connectivity index (χ4n) is 3.69. The molecular formula is C20H21ClN4O3. The number of carbonyl (C=O) groups is 2. The van der Waals surface area contributed by atoms with E-state index in [4.69, 9.17) is 16.3 Å². The zero-order valence-corrected chi connectivity index (χ0v) is 16.3. The van der Waals surface area contributed by atoms with Crippen LogP contribution in [0.25, 0.3) is 22.2 Å². The summed E-state index contributed by atoms with van der Waals surface area (Å²) >= 11 is 6.37. The lowest BCUT2D eigenvalue weighted by Crippen LogP contribution is -2.40. The highest BCUT2D eigenvalue weighted by molar-refractivity contribution is 6.34. The third kappa shape index (κ3) is 3.38. The van der Waals surface area contributed by atoms with Crippen molar-refractivity contribution in [1.82, 2.24) is 19.9 Å². The van der Waals surface area contributed by atoms with Crippen LogP contribution in [0.2, 0.25) is 5.02 Å². The monoisotopic (exact) mass is 400 g/mol. The second-order valence-electron chi connectivity index (χ2n) is 6.84. The first-order chi connectivity index (χ1) is 13.6. The number of pyridine rings is 1. The van der Waals surface area contributed by atoms with Gasteiger partial charge >= 0.3 is 5.97 Å². The van der Waals surface area contributed by atoms with Crippen molar-refractivity contribution >= 4 is 34.5 Å². The Morgan fingerprint density at radius 3 is 2.86 bits per heavy atom. The van der Waals surface area contributed by atoms with E-state index in [2.05, 4.69) is 15.0 Å². The Labute approximate surface area is 167 Å². The highest BCUT2D eigenvalue weighted by atomic mass is 35.5. The van der Waals surface area contributed by atoms with E-state index in [0.717, 1.165) is 22.2 Å². The Bertz CT molecular complexity index is 1020. The molecule has 0 atom stereocenters. The van der Waals surface area contributed by atoms with Crippen LogP contribution in [0.1, 0.15) is 30.3 Å². The van der Waals surface area contributed by atoms with Crippen molar-refractivity contribution in [3.63, 3.8) is 0 Å². The number of nitrogens with zero attached hydrogens (tertiary/aromatic N) is 2. The Morgan fingerprint density at radius 2 is 2.11 bits per heavy atom. The van der Waals surface area contributed by atoms with Crippen molar-refractivity contribution in [3.05, 3.63) is 41.4 Å². The van der Waals surface area contributed by atoms with Gasteiger partial charge in [-0.2, -0.15) is 0 Å². The minimum atomic E-state index is -0.167. The Balaban J connectivity index is 1.50. The summed E-state index contributed by atoms with van der Waals surface area (Å²) in [5.74, 6) is -0.371. The summed E-state index contributed by atoms with van der Waals surface area (Å²) in [5.41, 5.74) is 2.92. The number of carbonyl (C=O) groups excluding carboxylic acids is 2. The van der Waals surface area contributed by atoms with Gasteiger partial charge in [0.05, 0.1) is 17.5 Å². The molecule has 1 fully saturated rings. The van der Waals surface area contributed by atoms with Gasteiger partial charge in [-0.05, 0) is 31.9 Å². The van der Waals surface area contributed by atoms with Gasteiger partial charge in [0.2, 0.25) is 0 Å². The number of H-pyrrole nitrogens is 2. The Hall–Kier alpha value is -2.80. The molecule has 1 saturated heterocycles. The van der Waals surface area contributed by atoms with Gasteiger partial charge in [-0.25, -0.2) is 4.98 Å². The molecule has 1 aliphatic heterocycles. The van der Waals surface area contributed by atoms with Gasteiger partial charge < -0.3 is 19.6 Å². The average molecular weight is 401 g/mol. The number of fused-ring (bicyclic) bond motifs is 1. The molecule has 0 aliphatic carbocycles. The SMILES string of the molecule is CCOC(=O)C1CCN(C(=O)c2cc(-c3c(Cl)cnc4[nH]ccc34)c[nH]2)CC1. The number of hydrogen-bond acceptors (Lipinski definition) is 4. The molecule has 7 nitrogen and oxygen atoms in total. The molecule has 4 rings (SSSR count). The van der Waals surface area contributed by atoms with E-state index in [1.807, 2.05) is 18.3 Å². The van der Waals surface area contributed by atoms with Crippen LogP contribution in [0.4, 0.5) is 0 Å². The third-order valence-electron chi connectivity index (χ3n) is 5.14. The highest BCUT2D eigenvalue weighted by Crippen LogP contribution is 2.34. The number of hydrogen-bond donors (Lipinski definition) is 2. The lowest BCUT2D eigenvalue weighted by molar-refractivity contribution is -0.149. The Kier molecular flexibility index (Phi) is 5.09. The van der Waals surface area contributed by atoms with Crippen LogP contribution in [-0.4, -0.2) is 51.4 Å². The van der Waals surface area contributed by atoms with E-state index in [1.54, 1.807) is 24.2 Å². The number of amides is 1. The first-order valence-corrected chi connectivity index (χ1v) is 9.72. The number of aromatic nitrogens is 3. The number of esters is 1. The van der Waals surface area contributed by atoms with Crippen molar-refractivity contribution in [3.8, 4) is 11.1 Å². The number of piperidine rings is 1. The minimum absolute atomic E-state index is 0.0796. The van der Waals surface area contributed by atoms with Crippen molar-refractivity contribution < 1.29 is 14.3 Å². The molecule has 0 unspecified atom stereocenters. The quantitative estimate of drug-likeness (QED) is 0.654. The summed E-state index contributed by atoms with van der Waals surface area (Å²) < 4.78 is 5.08. The van der Waals surface area contributed by atoms with Gasteiger partial charge in [0.1, 0.15) is 11.3 Å². The van der Waals surface area contributed by atoms with E-state index in [0.29, 0.717) is 43.3 Å². The van der Waals surface area contributed by atoms with Gasteiger partial charge in [-0.3, -0.25) is 9.59 Å². The summed E-state index contributed by atoms with van der Waals surface area (Å²) in [7, 11) is 0. The highest BCUT2D eigenvalue weighted by Gasteiger charge is 2.29. The minimum Gasteiger partial charge on any atom is -0.466 e. The summed E-state index contributed by atoms with van der Waals surface area (Å²) in [6.07, 6.45) is 6.44. The molecule has 2 N–H and O–H groups in total. The van der Waals surface area contributed by atoms with Gasteiger partial charge in [-0.15, -0.1) is 0 Å². The molecule has 8 heteroatoms. The maximum atomic E-state index is 12.9. The lowest BCUT2D eigenvalue weighted by Gasteiger charge is -2.30. The number of rotatable bonds is 4. The second-order valence-corrected chi connectivity index (χ2v) is 7.25. The molecule has 3 aromatic heterocycles. The zero-order chi connectivity index (χ0) is 19.7. The molecule has 0 aromatic carbocycles. The molecule has 1 aliphatic rings. The maximum Gasteiger partial charge on any atom is 0.309 e. The number of halogens is 1. The fraction of sp³-hybridized carbons (Fsp3) is 0.350. The van der Waals surface area contributed by atoms with Crippen LogP contribution >= 0.6 is 11.6 Å². The molecule has 4 heterocycles. The molecule has 3 aromatic rings. The van der Waals surface area contributed by atoms with Gasteiger partial charge in [-0.1, -0.05) is 11.6 Å².